The lowest BCUT2D eigenvalue weighted by molar-refractivity contribution is 0.0690. The number of hydrogen-bond donors (Lipinski definition) is 1. The van der Waals surface area contributed by atoms with Crippen molar-refractivity contribution in [3.8, 4) is 5.69 Å². The van der Waals surface area contributed by atoms with Gasteiger partial charge in [-0.3, -0.25) is 14.6 Å². The number of rotatable bonds is 2. The van der Waals surface area contributed by atoms with Crippen LogP contribution >= 0.6 is 0 Å². The van der Waals surface area contributed by atoms with Crippen LogP contribution in [0.1, 0.15) is 48.2 Å². The highest BCUT2D eigenvalue weighted by atomic mass is 16.3. The van der Waals surface area contributed by atoms with Crippen LogP contribution in [0.2, 0.25) is 0 Å². The molecule has 29 heavy (non-hydrogen) atoms. The molecule has 1 aliphatic heterocycles. The van der Waals surface area contributed by atoms with E-state index < -0.39 is 11.2 Å². The molecule has 5 rings (SSSR count). The number of nitrogens with zero attached hydrogens (tertiary/aromatic N) is 2. The molecule has 3 aromatic rings. The van der Waals surface area contributed by atoms with Crippen molar-refractivity contribution in [3.63, 3.8) is 0 Å². The van der Waals surface area contributed by atoms with Crippen LogP contribution < -0.4 is 11.2 Å². The zero-order valence-electron chi connectivity index (χ0n) is 16.3. The number of nitrogens with one attached hydrogen (secondary N) is 1. The van der Waals surface area contributed by atoms with Gasteiger partial charge < -0.3 is 9.32 Å². The van der Waals surface area contributed by atoms with E-state index in [1.807, 2.05) is 11.0 Å². The van der Waals surface area contributed by atoms with Crippen molar-refractivity contribution in [2.24, 2.45) is 5.92 Å². The van der Waals surface area contributed by atoms with Crippen molar-refractivity contribution in [3.05, 3.63) is 62.5 Å². The van der Waals surface area contributed by atoms with Crippen LogP contribution in [0.15, 0.2) is 44.3 Å². The third-order valence-corrected chi connectivity index (χ3v) is 6.42. The highest BCUT2D eigenvalue weighted by Gasteiger charge is 2.40. The zero-order chi connectivity index (χ0) is 20.1. The molecule has 1 amide bonds. The van der Waals surface area contributed by atoms with Gasteiger partial charge in [0.1, 0.15) is 11.1 Å². The van der Waals surface area contributed by atoms with Gasteiger partial charge in [0.2, 0.25) is 5.71 Å². The molecule has 1 saturated heterocycles. The van der Waals surface area contributed by atoms with Crippen LogP contribution in [0.3, 0.4) is 0 Å². The maximum Gasteiger partial charge on any atom is 0.335 e. The lowest BCUT2D eigenvalue weighted by Crippen LogP contribution is -2.40. The minimum atomic E-state index is -0.588. The van der Waals surface area contributed by atoms with Crippen LogP contribution in [0.25, 0.3) is 16.8 Å². The van der Waals surface area contributed by atoms with E-state index in [1.165, 1.54) is 6.42 Å². The fourth-order valence-electron chi connectivity index (χ4n) is 5.06. The summed E-state index contributed by atoms with van der Waals surface area (Å²) in [6.45, 7) is 2.38. The summed E-state index contributed by atoms with van der Waals surface area (Å²) < 4.78 is 6.71. The molecule has 0 radical (unpaired) electrons. The Kier molecular flexibility index (Phi) is 4.19. The largest absolute Gasteiger partial charge is 0.444 e. The lowest BCUT2D eigenvalue weighted by Gasteiger charge is -2.31. The van der Waals surface area contributed by atoms with E-state index in [9.17, 15) is 14.4 Å². The van der Waals surface area contributed by atoms with Crippen LogP contribution in [-0.4, -0.2) is 32.9 Å². The van der Waals surface area contributed by atoms with Crippen molar-refractivity contribution >= 4 is 17.0 Å². The van der Waals surface area contributed by atoms with Gasteiger partial charge in [0.25, 0.3) is 11.5 Å². The van der Waals surface area contributed by atoms with Crippen LogP contribution in [0.5, 0.6) is 0 Å². The molecule has 1 N–H and O–H groups in total. The number of para-hydroxylation sites is 1. The molecule has 1 aromatic carbocycles. The molecule has 1 aliphatic carbocycles. The van der Waals surface area contributed by atoms with E-state index in [4.69, 9.17) is 4.42 Å². The van der Waals surface area contributed by atoms with E-state index >= 15 is 0 Å². The van der Waals surface area contributed by atoms with E-state index in [2.05, 4.69) is 4.98 Å². The Hall–Kier alpha value is -3.09. The Morgan fingerprint density at radius 3 is 2.66 bits per heavy atom. The van der Waals surface area contributed by atoms with E-state index in [-0.39, 0.29) is 28.6 Å². The average molecular weight is 393 g/mol. The van der Waals surface area contributed by atoms with Crippen molar-refractivity contribution < 1.29 is 9.21 Å². The van der Waals surface area contributed by atoms with Crippen molar-refractivity contribution in [2.45, 2.75) is 45.1 Å². The number of fused-ring (bicyclic) bond motifs is 2. The summed E-state index contributed by atoms with van der Waals surface area (Å²) in [4.78, 5) is 43.9. The average Bonchev–Trinajstić information content (AvgIpc) is 3.29. The molecule has 2 unspecified atom stereocenters. The molecule has 2 atom stereocenters. The Morgan fingerprint density at radius 1 is 1.10 bits per heavy atom. The van der Waals surface area contributed by atoms with Crippen molar-refractivity contribution in [1.82, 2.24) is 14.5 Å². The second-order valence-corrected chi connectivity index (χ2v) is 8.04. The first-order valence-electron chi connectivity index (χ1n) is 10.2. The number of hydrogen-bond acceptors (Lipinski definition) is 4. The highest BCUT2D eigenvalue weighted by Crippen LogP contribution is 2.37. The van der Waals surface area contributed by atoms with Crippen molar-refractivity contribution in [2.75, 3.05) is 6.54 Å². The molecule has 1 saturated carbocycles. The number of likely N-dealkylation sites (tertiary alicyclic amines) is 1. The summed E-state index contributed by atoms with van der Waals surface area (Å²) in [6, 6.07) is 8.93. The van der Waals surface area contributed by atoms with Gasteiger partial charge in [0.15, 0.2) is 0 Å². The van der Waals surface area contributed by atoms with Gasteiger partial charge in [-0.2, -0.15) is 0 Å². The molecule has 2 aliphatic rings. The Bertz CT molecular complexity index is 1200. The summed E-state index contributed by atoms with van der Waals surface area (Å²) in [6.07, 6.45) is 5.53. The first-order chi connectivity index (χ1) is 14.1. The quantitative estimate of drug-likeness (QED) is 0.725. The first kappa shape index (κ1) is 18.0. The summed E-state index contributed by atoms with van der Waals surface area (Å²) in [5.41, 5.74) is -0.333. The number of aromatic amines is 1. The number of carbonyl (C=O) groups is 1. The van der Waals surface area contributed by atoms with Gasteiger partial charge >= 0.3 is 5.69 Å². The van der Waals surface area contributed by atoms with E-state index in [1.54, 1.807) is 31.2 Å². The molecule has 150 valence electrons. The molecule has 2 fully saturated rings. The summed E-state index contributed by atoms with van der Waals surface area (Å²) in [5, 5.41) is 0.148. The number of furan rings is 1. The van der Waals surface area contributed by atoms with Gasteiger partial charge in [-0.25, -0.2) is 9.36 Å². The SMILES string of the molecule is Cc1oc2[nH]c(=O)n(-c3ccccc3)c(=O)c2c1C(=O)N1CCC2CCCCC21. The van der Waals surface area contributed by atoms with Crippen LogP contribution in [0, 0.1) is 12.8 Å². The molecular formula is C22H23N3O4. The molecular weight excluding hydrogens is 370 g/mol. The van der Waals surface area contributed by atoms with Gasteiger partial charge in [0.05, 0.1) is 11.3 Å². The van der Waals surface area contributed by atoms with Gasteiger partial charge in [-0.1, -0.05) is 31.0 Å². The van der Waals surface area contributed by atoms with Crippen LogP contribution in [-0.2, 0) is 0 Å². The Balaban J connectivity index is 1.67. The highest BCUT2D eigenvalue weighted by molar-refractivity contribution is 6.06. The van der Waals surface area contributed by atoms with E-state index in [0.717, 1.165) is 30.3 Å². The molecule has 7 heteroatoms. The molecule has 0 bridgehead atoms. The summed E-state index contributed by atoms with van der Waals surface area (Å²) in [5.74, 6) is 0.745. The fraction of sp³-hybridized carbons (Fsp3) is 0.409. The summed E-state index contributed by atoms with van der Waals surface area (Å²) >= 11 is 0. The van der Waals surface area contributed by atoms with Gasteiger partial charge in [-0.15, -0.1) is 0 Å². The van der Waals surface area contributed by atoms with Gasteiger partial charge in [0, 0.05) is 12.6 Å². The molecule has 7 nitrogen and oxygen atoms in total. The number of H-pyrrole nitrogens is 1. The summed E-state index contributed by atoms with van der Waals surface area (Å²) in [7, 11) is 0. The topological polar surface area (TPSA) is 88.3 Å². The third kappa shape index (κ3) is 2.75. The lowest BCUT2D eigenvalue weighted by atomic mass is 9.85. The standard InChI is InChI=1S/C22H23N3O4/c1-13-17(20(26)24-12-11-14-7-5-6-10-16(14)24)18-19(29-13)23-22(28)25(21(18)27)15-8-3-2-4-9-15/h2-4,8-9,14,16H,5-7,10-12H2,1H3,(H,23,28). The monoisotopic (exact) mass is 393 g/mol. The minimum absolute atomic E-state index is 0.0624. The number of aromatic nitrogens is 2. The van der Waals surface area contributed by atoms with Gasteiger partial charge in [-0.05, 0) is 44.2 Å². The minimum Gasteiger partial charge on any atom is -0.444 e. The maximum absolute atomic E-state index is 13.5. The van der Waals surface area contributed by atoms with Crippen molar-refractivity contribution in [1.29, 1.82) is 0 Å². The fourth-order valence-corrected chi connectivity index (χ4v) is 5.06. The number of amides is 1. The predicted octanol–water partition coefficient (Wildman–Crippen LogP) is 2.99. The molecule has 2 aromatic heterocycles. The van der Waals surface area contributed by atoms with Crippen LogP contribution in [0.4, 0.5) is 0 Å². The predicted molar refractivity (Wildman–Crippen MR) is 109 cm³/mol. The second-order valence-electron chi connectivity index (χ2n) is 8.04. The molecule has 3 heterocycles. The smallest absolute Gasteiger partial charge is 0.335 e. The van der Waals surface area contributed by atoms with E-state index in [0.29, 0.717) is 23.9 Å². The molecule has 0 spiro atoms. The zero-order valence-corrected chi connectivity index (χ0v) is 16.3. The Labute approximate surface area is 166 Å². The Morgan fingerprint density at radius 2 is 1.86 bits per heavy atom. The second kappa shape index (κ2) is 6.76. The number of carbonyl (C=O) groups excluding carboxylic acids is 1. The normalized spacial score (nSPS) is 21.5. The number of benzene rings is 1. The first-order valence-corrected chi connectivity index (χ1v) is 10.2. The maximum atomic E-state index is 13.5. The third-order valence-electron chi connectivity index (χ3n) is 6.42. The number of aryl methyl sites for hydroxylation is 1.